The van der Waals surface area contributed by atoms with Crippen molar-refractivity contribution in [1.29, 1.82) is 0 Å². The third-order valence-corrected chi connectivity index (χ3v) is 3.77. The molecule has 1 unspecified atom stereocenters. The molecule has 0 bridgehead atoms. The van der Waals surface area contributed by atoms with Gasteiger partial charge in [-0.3, -0.25) is 4.68 Å². The van der Waals surface area contributed by atoms with E-state index in [4.69, 9.17) is 11.6 Å². The van der Waals surface area contributed by atoms with Crippen LogP contribution in [0.25, 0.3) is 0 Å². The summed E-state index contributed by atoms with van der Waals surface area (Å²) in [7, 11) is 0. The zero-order chi connectivity index (χ0) is 13.7. The van der Waals surface area contributed by atoms with Crippen molar-refractivity contribution in [2.75, 3.05) is 5.88 Å². The van der Waals surface area contributed by atoms with Gasteiger partial charge in [-0.15, -0.1) is 11.6 Å². The van der Waals surface area contributed by atoms with Crippen molar-refractivity contribution in [3.05, 3.63) is 47.5 Å². The first-order valence-corrected chi connectivity index (χ1v) is 7.24. The molecule has 0 saturated heterocycles. The standard InChI is InChI=1S/C15H20ClN3/c1-3-19-15(17-11-18-19)9-14(10-16)8-13-6-4-12(2)5-7-13/h4-7,11,14H,3,8-10H2,1-2H3. The zero-order valence-electron chi connectivity index (χ0n) is 11.5. The Bertz CT molecular complexity index is 504. The van der Waals surface area contributed by atoms with Gasteiger partial charge >= 0.3 is 0 Å². The third kappa shape index (κ3) is 3.80. The number of benzene rings is 1. The van der Waals surface area contributed by atoms with E-state index in [0.29, 0.717) is 11.8 Å². The van der Waals surface area contributed by atoms with Crippen LogP contribution in [0.1, 0.15) is 23.9 Å². The molecule has 0 aliphatic rings. The predicted molar refractivity (Wildman–Crippen MR) is 78.5 cm³/mol. The second kappa shape index (κ2) is 6.71. The van der Waals surface area contributed by atoms with Gasteiger partial charge in [0.15, 0.2) is 0 Å². The van der Waals surface area contributed by atoms with Gasteiger partial charge in [0, 0.05) is 18.8 Å². The van der Waals surface area contributed by atoms with E-state index in [1.165, 1.54) is 11.1 Å². The zero-order valence-corrected chi connectivity index (χ0v) is 12.3. The lowest BCUT2D eigenvalue weighted by Gasteiger charge is -2.14. The Morgan fingerprint density at radius 2 is 1.95 bits per heavy atom. The summed E-state index contributed by atoms with van der Waals surface area (Å²) in [4.78, 5) is 4.32. The summed E-state index contributed by atoms with van der Waals surface area (Å²) in [5, 5.41) is 4.20. The van der Waals surface area contributed by atoms with Gasteiger partial charge < -0.3 is 0 Å². The molecule has 102 valence electrons. The van der Waals surface area contributed by atoms with Crippen LogP contribution >= 0.6 is 11.6 Å². The van der Waals surface area contributed by atoms with Gasteiger partial charge in [0.25, 0.3) is 0 Å². The lowest BCUT2D eigenvalue weighted by molar-refractivity contribution is 0.524. The van der Waals surface area contributed by atoms with Gasteiger partial charge in [-0.05, 0) is 31.7 Å². The van der Waals surface area contributed by atoms with Crippen molar-refractivity contribution in [3.63, 3.8) is 0 Å². The molecule has 1 atom stereocenters. The molecule has 2 aromatic rings. The van der Waals surface area contributed by atoms with Crippen LogP contribution in [0.2, 0.25) is 0 Å². The van der Waals surface area contributed by atoms with E-state index in [9.17, 15) is 0 Å². The molecular formula is C15H20ClN3. The van der Waals surface area contributed by atoms with Gasteiger partial charge in [0.05, 0.1) is 0 Å². The van der Waals surface area contributed by atoms with Gasteiger partial charge in [0.2, 0.25) is 0 Å². The van der Waals surface area contributed by atoms with Crippen LogP contribution < -0.4 is 0 Å². The van der Waals surface area contributed by atoms with E-state index in [1.54, 1.807) is 6.33 Å². The van der Waals surface area contributed by atoms with Gasteiger partial charge in [-0.2, -0.15) is 5.10 Å². The Morgan fingerprint density at radius 1 is 1.21 bits per heavy atom. The van der Waals surface area contributed by atoms with Crippen molar-refractivity contribution in [2.24, 2.45) is 5.92 Å². The van der Waals surface area contributed by atoms with Crippen molar-refractivity contribution >= 4 is 11.6 Å². The molecule has 0 fully saturated rings. The fourth-order valence-electron chi connectivity index (χ4n) is 2.21. The fourth-order valence-corrected chi connectivity index (χ4v) is 2.43. The van der Waals surface area contributed by atoms with Gasteiger partial charge in [-0.25, -0.2) is 4.98 Å². The van der Waals surface area contributed by atoms with Crippen molar-refractivity contribution < 1.29 is 0 Å². The Kier molecular flexibility index (Phi) is 4.97. The van der Waals surface area contributed by atoms with Crippen molar-refractivity contribution in [1.82, 2.24) is 14.8 Å². The minimum Gasteiger partial charge on any atom is -0.250 e. The molecule has 19 heavy (non-hydrogen) atoms. The molecule has 3 nitrogen and oxygen atoms in total. The second-order valence-corrected chi connectivity index (χ2v) is 5.21. The summed E-state index contributed by atoms with van der Waals surface area (Å²) in [6.45, 7) is 5.04. The first kappa shape index (κ1) is 14.1. The SMILES string of the molecule is CCn1ncnc1CC(CCl)Cc1ccc(C)cc1. The van der Waals surface area contributed by atoms with Crippen LogP contribution in [0, 0.1) is 12.8 Å². The predicted octanol–water partition coefficient (Wildman–Crippen LogP) is 3.25. The lowest BCUT2D eigenvalue weighted by atomic mass is 9.97. The van der Waals surface area contributed by atoms with E-state index in [2.05, 4.69) is 48.2 Å². The summed E-state index contributed by atoms with van der Waals surface area (Å²) in [5.41, 5.74) is 2.62. The molecule has 0 aliphatic carbocycles. The first-order chi connectivity index (χ1) is 9.22. The molecule has 1 heterocycles. The Labute approximate surface area is 119 Å². The maximum atomic E-state index is 6.10. The smallest absolute Gasteiger partial charge is 0.138 e. The summed E-state index contributed by atoms with van der Waals surface area (Å²) in [5.74, 6) is 2.07. The van der Waals surface area contributed by atoms with Crippen LogP contribution in [0.4, 0.5) is 0 Å². The fraction of sp³-hybridized carbons (Fsp3) is 0.467. The normalized spacial score (nSPS) is 12.6. The number of hydrogen-bond acceptors (Lipinski definition) is 2. The highest BCUT2D eigenvalue weighted by atomic mass is 35.5. The number of rotatable bonds is 6. The number of nitrogens with zero attached hydrogens (tertiary/aromatic N) is 3. The molecule has 0 aliphatic heterocycles. The maximum Gasteiger partial charge on any atom is 0.138 e. The Morgan fingerprint density at radius 3 is 2.58 bits per heavy atom. The largest absolute Gasteiger partial charge is 0.250 e. The molecule has 1 aromatic carbocycles. The molecule has 0 spiro atoms. The summed E-state index contributed by atoms with van der Waals surface area (Å²) in [6, 6.07) is 8.66. The minimum atomic E-state index is 0.402. The average molecular weight is 278 g/mol. The molecule has 0 N–H and O–H groups in total. The number of alkyl halides is 1. The van der Waals surface area contributed by atoms with E-state index in [0.717, 1.165) is 25.2 Å². The molecule has 1 aromatic heterocycles. The van der Waals surface area contributed by atoms with Crippen LogP contribution in [0.15, 0.2) is 30.6 Å². The summed E-state index contributed by atoms with van der Waals surface area (Å²) in [6.07, 6.45) is 3.49. The maximum absolute atomic E-state index is 6.10. The molecule has 0 saturated carbocycles. The van der Waals surface area contributed by atoms with Gasteiger partial charge in [-0.1, -0.05) is 29.8 Å². The van der Waals surface area contributed by atoms with E-state index < -0.39 is 0 Å². The second-order valence-electron chi connectivity index (χ2n) is 4.91. The number of aromatic nitrogens is 3. The van der Waals surface area contributed by atoms with Crippen molar-refractivity contribution in [2.45, 2.75) is 33.2 Å². The third-order valence-electron chi connectivity index (χ3n) is 3.33. The van der Waals surface area contributed by atoms with E-state index in [-0.39, 0.29) is 0 Å². The van der Waals surface area contributed by atoms with Gasteiger partial charge in [0.1, 0.15) is 12.2 Å². The Hall–Kier alpha value is -1.35. The Balaban J connectivity index is 2.02. The molecule has 2 rings (SSSR count). The van der Waals surface area contributed by atoms with E-state index >= 15 is 0 Å². The summed E-state index contributed by atoms with van der Waals surface area (Å²) < 4.78 is 1.94. The van der Waals surface area contributed by atoms with Crippen LogP contribution in [-0.2, 0) is 19.4 Å². The highest BCUT2D eigenvalue weighted by Crippen LogP contribution is 2.15. The summed E-state index contributed by atoms with van der Waals surface area (Å²) >= 11 is 6.10. The molecule has 4 heteroatoms. The lowest BCUT2D eigenvalue weighted by Crippen LogP contribution is -2.14. The van der Waals surface area contributed by atoms with Crippen molar-refractivity contribution in [3.8, 4) is 0 Å². The highest BCUT2D eigenvalue weighted by molar-refractivity contribution is 6.18. The van der Waals surface area contributed by atoms with Crippen LogP contribution in [-0.4, -0.2) is 20.6 Å². The monoisotopic (exact) mass is 277 g/mol. The number of halogens is 1. The van der Waals surface area contributed by atoms with Crippen LogP contribution in [0.5, 0.6) is 0 Å². The van der Waals surface area contributed by atoms with Crippen LogP contribution in [0.3, 0.4) is 0 Å². The average Bonchev–Trinajstić information content (AvgIpc) is 2.87. The quantitative estimate of drug-likeness (QED) is 0.759. The first-order valence-electron chi connectivity index (χ1n) is 6.71. The number of aryl methyl sites for hydroxylation is 2. The topological polar surface area (TPSA) is 30.7 Å². The molecule has 0 radical (unpaired) electrons. The minimum absolute atomic E-state index is 0.402. The molecular weight excluding hydrogens is 258 g/mol. The highest BCUT2D eigenvalue weighted by Gasteiger charge is 2.13. The van der Waals surface area contributed by atoms with E-state index in [1.807, 2.05) is 4.68 Å². The number of hydrogen-bond donors (Lipinski definition) is 0. The molecule has 0 amide bonds.